The second kappa shape index (κ2) is 17.3. The van der Waals surface area contributed by atoms with E-state index in [9.17, 15) is 24.0 Å². The lowest BCUT2D eigenvalue weighted by molar-refractivity contribution is -0.138. The van der Waals surface area contributed by atoms with Gasteiger partial charge in [-0.1, -0.05) is 58.1 Å². The largest absolute Gasteiger partial charge is 0.491 e. The second-order valence-corrected chi connectivity index (χ2v) is 13.2. The Kier molecular flexibility index (Phi) is 13.2. The Morgan fingerprint density at radius 1 is 0.978 bits per heavy atom. The average molecular weight is 641 g/mol. The summed E-state index contributed by atoms with van der Waals surface area (Å²) >= 11 is 0. The fourth-order valence-electron chi connectivity index (χ4n) is 6.55. The summed E-state index contributed by atoms with van der Waals surface area (Å²) in [5.41, 5.74) is -1.01. The van der Waals surface area contributed by atoms with Crippen LogP contribution in [0.25, 0.3) is 0 Å². The summed E-state index contributed by atoms with van der Waals surface area (Å²) in [6.45, 7) is 7.33. The number of ether oxygens (including phenoxy) is 1. The van der Waals surface area contributed by atoms with Crippen LogP contribution in [0.3, 0.4) is 0 Å². The number of carbonyl (C=O) groups is 5. The van der Waals surface area contributed by atoms with Gasteiger partial charge in [0.15, 0.2) is 0 Å². The zero-order valence-electron chi connectivity index (χ0n) is 27.5. The van der Waals surface area contributed by atoms with Gasteiger partial charge in [-0.15, -0.1) is 0 Å². The van der Waals surface area contributed by atoms with E-state index in [0.717, 1.165) is 45.3 Å². The first-order valence-corrected chi connectivity index (χ1v) is 17.1. The highest BCUT2D eigenvalue weighted by atomic mass is 16.5. The minimum absolute atomic E-state index is 0.0830. The summed E-state index contributed by atoms with van der Waals surface area (Å²) in [5, 5.41) is 14.3. The molecule has 2 aliphatic heterocycles. The van der Waals surface area contributed by atoms with E-state index in [1.807, 2.05) is 13.8 Å². The van der Waals surface area contributed by atoms with Gasteiger partial charge in [-0.2, -0.15) is 0 Å². The Morgan fingerprint density at radius 3 is 2.39 bits per heavy atom. The maximum atomic E-state index is 13.8. The van der Waals surface area contributed by atoms with Gasteiger partial charge in [-0.25, -0.2) is 0 Å². The normalized spacial score (nSPS) is 23.9. The maximum absolute atomic E-state index is 13.8. The van der Waals surface area contributed by atoms with E-state index in [1.54, 1.807) is 24.3 Å². The molecule has 3 aliphatic rings. The van der Waals surface area contributed by atoms with Gasteiger partial charge in [-0.05, 0) is 69.8 Å². The molecule has 46 heavy (non-hydrogen) atoms. The third-order valence-electron chi connectivity index (χ3n) is 9.21. The van der Waals surface area contributed by atoms with E-state index < -0.39 is 41.3 Å². The van der Waals surface area contributed by atoms with Crippen molar-refractivity contribution in [2.24, 2.45) is 5.92 Å². The highest BCUT2D eigenvalue weighted by Gasteiger charge is 2.43. The topological polar surface area (TPSA) is 158 Å². The van der Waals surface area contributed by atoms with E-state index in [1.165, 1.54) is 25.7 Å². The molecule has 2 heterocycles. The number of nitrogens with one attached hydrogen (secondary N) is 5. The van der Waals surface area contributed by atoms with Crippen LogP contribution in [0.15, 0.2) is 24.3 Å². The lowest BCUT2D eigenvalue weighted by Gasteiger charge is -2.38. The summed E-state index contributed by atoms with van der Waals surface area (Å²) in [5.74, 6) is -2.25. The molecule has 12 heteroatoms. The van der Waals surface area contributed by atoms with Crippen molar-refractivity contribution in [1.29, 1.82) is 0 Å². The fourth-order valence-corrected chi connectivity index (χ4v) is 6.55. The molecule has 254 valence electrons. The molecule has 1 aliphatic carbocycles. The Labute approximate surface area is 272 Å². The molecule has 1 spiro atoms. The third kappa shape index (κ3) is 9.91. The van der Waals surface area contributed by atoms with E-state index in [2.05, 4.69) is 31.5 Å². The third-order valence-corrected chi connectivity index (χ3v) is 9.21. The van der Waals surface area contributed by atoms with Crippen molar-refractivity contribution in [3.05, 3.63) is 29.8 Å². The van der Waals surface area contributed by atoms with Crippen LogP contribution < -0.4 is 31.3 Å². The highest BCUT2D eigenvalue weighted by molar-refractivity contribution is 6.01. The van der Waals surface area contributed by atoms with Gasteiger partial charge in [0, 0.05) is 6.54 Å². The van der Waals surface area contributed by atoms with Crippen molar-refractivity contribution in [3.63, 3.8) is 0 Å². The van der Waals surface area contributed by atoms with Gasteiger partial charge in [0.1, 0.15) is 30.0 Å². The van der Waals surface area contributed by atoms with E-state index in [-0.39, 0.29) is 42.7 Å². The Balaban J connectivity index is 1.54. The molecule has 2 atom stereocenters. The molecule has 1 saturated heterocycles. The van der Waals surface area contributed by atoms with Crippen LogP contribution in [0, 0.1) is 5.92 Å². The standard InChI is InChI=1S/C34H52N6O6/c1-24(2)29-32(44)36-18-22-46-27-14-7-6-13-25(27)30(42)37-26(31(43)35-17-12-21-40-19-10-3-4-11-20-40)23-28(41)39-34(33(45)38-29)15-8-5-9-16-34/h6-7,13-14,24,26,29H,3-5,8-12,15-23H2,1-2H3,(H,35,43)(H,36,44)(H,37,42)(H,38,45)(H,39,41)/t26-,29+/m0/s1. The number of hydrogen-bond donors (Lipinski definition) is 5. The molecule has 1 aromatic rings. The average Bonchev–Trinajstić information content (AvgIpc) is 3.32. The Bertz CT molecular complexity index is 1210. The minimum atomic E-state index is -1.22. The van der Waals surface area contributed by atoms with Crippen LogP contribution in [-0.4, -0.2) is 91.4 Å². The molecule has 0 bridgehead atoms. The molecule has 12 nitrogen and oxygen atoms in total. The van der Waals surface area contributed by atoms with Crippen molar-refractivity contribution >= 4 is 29.5 Å². The number of amides is 5. The van der Waals surface area contributed by atoms with Crippen LogP contribution in [0.4, 0.5) is 0 Å². The summed E-state index contributed by atoms with van der Waals surface area (Å²) in [6.07, 6.45) is 8.50. The number of likely N-dealkylation sites (tertiary alicyclic amines) is 1. The molecule has 1 aromatic carbocycles. The number of hydrogen-bond acceptors (Lipinski definition) is 7. The SMILES string of the molecule is CC(C)[C@H]1NC(=O)C2(CCCCC2)NC(=O)C[C@@H](C(=O)NCCCN2CCCCCC2)NC(=O)c2ccccc2OCCNC1=O. The summed E-state index contributed by atoms with van der Waals surface area (Å²) < 4.78 is 5.85. The molecular formula is C34H52N6O6. The fraction of sp³-hybridized carbons (Fsp3) is 0.676. The molecule has 5 N–H and O–H groups in total. The van der Waals surface area contributed by atoms with E-state index in [4.69, 9.17) is 4.74 Å². The van der Waals surface area contributed by atoms with Crippen LogP contribution in [0.5, 0.6) is 5.75 Å². The van der Waals surface area contributed by atoms with Gasteiger partial charge in [-0.3, -0.25) is 24.0 Å². The molecule has 4 rings (SSSR count). The smallest absolute Gasteiger partial charge is 0.255 e. The quantitative estimate of drug-likeness (QED) is 0.298. The van der Waals surface area contributed by atoms with Gasteiger partial charge >= 0.3 is 0 Å². The molecule has 2 fully saturated rings. The van der Waals surface area contributed by atoms with E-state index >= 15 is 0 Å². The molecule has 0 radical (unpaired) electrons. The Morgan fingerprint density at radius 2 is 1.67 bits per heavy atom. The summed E-state index contributed by atoms with van der Waals surface area (Å²) in [4.78, 5) is 70.0. The van der Waals surface area contributed by atoms with Crippen molar-refractivity contribution in [2.75, 3.05) is 39.3 Å². The van der Waals surface area contributed by atoms with Crippen molar-refractivity contribution in [1.82, 2.24) is 31.5 Å². The highest BCUT2D eigenvalue weighted by Crippen LogP contribution is 2.29. The van der Waals surface area contributed by atoms with Gasteiger partial charge in [0.25, 0.3) is 5.91 Å². The van der Waals surface area contributed by atoms with Crippen molar-refractivity contribution in [3.8, 4) is 5.75 Å². The lowest BCUT2D eigenvalue weighted by atomic mass is 9.80. The first-order chi connectivity index (χ1) is 22.2. The second-order valence-electron chi connectivity index (χ2n) is 13.2. The number of carbonyl (C=O) groups excluding carboxylic acids is 5. The molecule has 5 amide bonds. The van der Waals surface area contributed by atoms with Crippen LogP contribution in [-0.2, 0) is 19.2 Å². The molecular weight excluding hydrogens is 588 g/mol. The molecule has 0 aromatic heterocycles. The minimum Gasteiger partial charge on any atom is -0.491 e. The van der Waals surface area contributed by atoms with Crippen LogP contribution in [0.1, 0.15) is 94.8 Å². The van der Waals surface area contributed by atoms with Crippen molar-refractivity contribution in [2.45, 2.75) is 102 Å². The Hall–Kier alpha value is -3.67. The first-order valence-electron chi connectivity index (χ1n) is 17.1. The predicted molar refractivity (Wildman–Crippen MR) is 174 cm³/mol. The number of rotatable bonds is 6. The molecule has 1 saturated carbocycles. The zero-order valence-corrected chi connectivity index (χ0v) is 27.5. The van der Waals surface area contributed by atoms with Gasteiger partial charge in [0.2, 0.25) is 23.6 Å². The lowest BCUT2D eigenvalue weighted by Crippen LogP contribution is -2.64. The summed E-state index contributed by atoms with van der Waals surface area (Å²) in [6, 6.07) is 4.64. The number of nitrogens with zero attached hydrogens (tertiary/aromatic N) is 1. The van der Waals surface area contributed by atoms with Crippen LogP contribution >= 0.6 is 0 Å². The molecule has 0 unspecified atom stereocenters. The number of fused-ring (bicyclic) bond motifs is 1. The maximum Gasteiger partial charge on any atom is 0.255 e. The zero-order chi connectivity index (χ0) is 32.9. The summed E-state index contributed by atoms with van der Waals surface area (Å²) in [7, 11) is 0. The first kappa shape index (κ1) is 35.2. The number of benzene rings is 1. The monoisotopic (exact) mass is 640 g/mol. The van der Waals surface area contributed by atoms with E-state index in [0.29, 0.717) is 19.4 Å². The van der Waals surface area contributed by atoms with Gasteiger partial charge in [0.05, 0.1) is 18.5 Å². The van der Waals surface area contributed by atoms with Gasteiger partial charge < -0.3 is 36.2 Å². The predicted octanol–water partition coefficient (Wildman–Crippen LogP) is 2.03. The van der Waals surface area contributed by atoms with Crippen molar-refractivity contribution < 1.29 is 28.7 Å². The van der Waals surface area contributed by atoms with Crippen LogP contribution in [0.2, 0.25) is 0 Å². The number of para-hydroxylation sites is 1.